The van der Waals surface area contributed by atoms with Crippen molar-refractivity contribution in [1.82, 2.24) is 0 Å². The highest BCUT2D eigenvalue weighted by Crippen LogP contribution is 2.28. The zero-order valence-corrected chi connectivity index (χ0v) is 12.3. The molecule has 2 heteroatoms. The molecule has 2 rings (SSSR count). The van der Waals surface area contributed by atoms with Crippen molar-refractivity contribution < 1.29 is 4.79 Å². The van der Waals surface area contributed by atoms with Crippen LogP contribution < -0.4 is 0 Å². The highest BCUT2D eigenvalue weighted by molar-refractivity contribution is 9.10. The van der Waals surface area contributed by atoms with Gasteiger partial charge in [-0.1, -0.05) is 34.1 Å². The van der Waals surface area contributed by atoms with Crippen LogP contribution in [0.3, 0.4) is 0 Å². The molecule has 0 amide bonds. The smallest absolute Gasteiger partial charge is 0.160 e. The number of aryl methyl sites for hydroxylation is 2. The van der Waals surface area contributed by atoms with Gasteiger partial charge in [0.1, 0.15) is 0 Å². The molecule has 0 saturated carbocycles. The van der Waals surface area contributed by atoms with Gasteiger partial charge >= 0.3 is 0 Å². The summed E-state index contributed by atoms with van der Waals surface area (Å²) in [4.78, 5) is 11.8. The third-order valence-electron chi connectivity index (χ3n) is 3.17. The summed E-state index contributed by atoms with van der Waals surface area (Å²) in [7, 11) is 0. The van der Waals surface area contributed by atoms with Gasteiger partial charge < -0.3 is 0 Å². The van der Waals surface area contributed by atoms with Gasteiger partial charge in [0.25, 0.3) is 0 Å². The maximum absolute atomic E-state index is 11.8. The van der Waals surface area contributed by atoms with Gasteiger partial charge in [0, 0.05) is 10.0 Å². The van der Waals surface area contributed by atoms with Gasteiger partial charge in [-0.25, -0.2) is 0 Å². The molecule has 2 aromatic rings. The van der Waals surface area contributed by atoms with Crippen LogP contribution in [0.15, 0.2) is 40.9 Å². The molecule has 0 aliphatic carbocycles. The van der Waals surface area contributed by atoms with Gasteiger partial charge in [-0.15, -0.1) is 0 Å². The molecule has 0 N–H and O–H groups in total. The summed E-state index contributed by atoms with van der Waals surface area (Å²) in [6, 6.07) is 12.1. The van der Waals surface area contributed by atoms with E-state index in [1.165, 1.54) is 5.56 Å². The fourth-order valence-electron chi connectivity index (χ4n) is 1.98. The average Bonchev–Trinajstić information content (AvgIpc) is 2.33. The van der Waals surface area contributed by atoms with Crippen LogP contribution >= 0.6 is 15.9 Å². The molecule has 0 saturated heterocycles. The van der Waals surface area contributed by atoms with Crippen LogP contribution in [0, 0.1) is 13.8 Å². The molecule has 0 fully saturated rings. The molecule has 92 valence electrons. The van der Waals surface area contributed by atoms with Crippen LogP contribution in [0.5, 0.6) is 0 Å². The van der Waals surface area contributed by atoms with Crippen LogP contribution in [0.4, 0.5) is 0 Å². The van der Waals surface area contributed by atoms with E-state index >= 15 is 0 Å². The molecule has 0 heterocycles. The molecule has 0 unspecified atom stereocenters. The van der Waals surface area contributed by atoms with E-state index in [1.807, 2.05) is 37.3 Å². The fraction of sp³-hybridized carbons (Fsp3) is 0.188. The van der Waals surface area contributed by atoms with Crippen LogP contribution in [0.25, 0.3) is 11.1 Å². The molecule has 1 nitrogen and oxygen atoms in total. The summed E-state index contributed by atoms with van der Waals surface area (Å²) in [5.74, 6) is 0.107. The lowest BCUT2D eigenvalue weighted by molar-refractivity contribution is 0.101. The van der Waals surface area contributed by atoms with E-state index in [-0.39, 0.29) is 5.78 Å². The molecule has 18 heavy (non-hydrogen) atoms. The van der Waals surface area contributed by atoms with E-state index in [4.69, 9.17) is 0 Å². The summed E-state index contributed by atoms with van der Waals surface area (Å²) in [6.45, 7) is 5.72. The number of Topliss-reactive ketones (excluding diaryl/α,β-unsaturated/α-hetero) is 1. The number of carbonyl (C=O) groups excluding carboxylic acids is 1. The maximum atomic E-state index is 11.8. The molecule has 0 aliphatic rings. The molecular formula is C16H15BrO. The van der Waals surface area contributed by atoms with Gasteiger partial charge in [0.15, 0.2) is 5.78 Å². The van der Waals surface area contributed by atoms with E-state index in [9.17, 15) is 4.79 Å². The lowest BCUT2D eigenvalue weighted by Gasteiger charge is -2.11. The molecule has 2 aromatic carbocycles. The van der Waals surface area contributed by atoms with Crippen molar-refractivity contribution >= 4 is 21.7 Å². The Morgan fingerprint density at radius 2 is 1.56 bits per heavy atom. The number of hydrogen-bond acceptors (Lipinski definition) is 1. The third-order valence-corrected chi connectivity index (χ3v) is 3.70. The summed E-state index contributed by atoms with van der Waals surface area (Å²) in [6.07, 6.45) is 0. The second-order valence-electron chi connectivity index (χ2n) is 4.55. The predicted molar refractivity (Wildman–Crippen MR) is 79.1 cm³/mol. The van der Waals surface area contributed by atoms with Crippen LogP contribution in [0.1, 0.15) is 28.4 Å². The first-order chi connectivity index (χ1) is 8.49. The Morgan fingerprint density at radius 3 is 2.11 bits per heavy atom. The molecule has 0 atom stereocenters. The first-order valence-corrected chi connectivity index (χ1v) is 6.66. The van der Waals surface area contributed by atoms with Gasteiger partial charge in [-0.3, -0.25) is 4.79 Å². The maximum Gasteiger partial charge on any atom is 0.160 e. The van der Waals surface area contributed by atoms with Crippen molar-refractivity contribution in [2.75, 3.05) is 0 Å². The SMILES string of the molecule is CC(=O)c1cc(C)c(C)cc1-c1ccc(Br)cc1. The Kier molecular flexibility index (Phi) is 3.67. The van der Waals surface area contributed by atoms with Crippen molar-refractivity contribution in [3.8, 4) is 11.1 Å². The van der Waals surface area contributed by atoms with Gasteiger partial charge in [-0.05, 0) is 61.2 Å². The van der Waals surface area contributed by atoms with Crippen molar-refractivity contribution in [2.24, 2.45) is 0 Å². The molecule has 0 aliphatic heterocycles. The van der Waals surface area contributed by atoms with Gasteiger partial charge in [-0.2, -0.15) is 0 Å². The number of hydrogen-bond donors (Lipinski definition) is 0. The van der Waals surface area contributed by atoms with Crippen molar-refractivity contribution in [3.05, 3.63) is 57.6 Å². The average molecular weight is 303 g/mol. The molecule has 0 bridgehead atoms. The largest absolute Gasteiger partial charge is 0.294 e. The van der Waals surface area contributed by atoms with Crippen LogP contribution in [-0.2, 0) is 0 Å². The Hall–Kier alpha value is -1.41. The predicted octanol–water partition coefficient (Wildman–Crippen LogP) is 4.94. The summed E-state index contributed by atoms with van der Waals surface area (Å²) >= 11 is 3.42. The minimum absolute atomic E-state index is 0.107. The van der Waals surface area contributed by atoms with E-state index in [2.05, 4.69) is 28.9 Å². The highest BCUT2D eigenvalue weighted by Gasteiger charge is 2.11. The Balaban J connectivity index is 2.65. The second kappa shape index (κ2) is 5.07. The van der Waals surface area contributed by atoms with Crippen molar-refractivity contribution in [1.29, 1.82) is 0 Å². The van der Waals surface area contributed by atoms with Gasteiger partial charge in [0.2, 0.25) is 0 Å². The quantitative estimate of drug-likeness (QED) is 0.718. The molecule has 0 spiro atoms. The number of rotatable bonds is 2. The van der Waals surface area contributed by atoms with Crippen LogP contribution in [-0.4, -0.2) is 5.78 Å². The first-order valence-electron chi connectivity index (χ1n) is 5.87. The number of ketones is 1. The van der Waals surface area contributed by atoms with E-state index in [1.54, 1.807) is 6.92 Å². The Bertz CT molecular complexity index is 597. The van der Waals surface area contributed by atoms with Gasteiger partial charge in [0.05, 0.1) is 0 Å². The zero-order chi connectivity index (χ0) is 13.3. The lowest BCUT2D eigenvalue weighted by Crippen LogP contribution is -1.98. The standard InChI is InChI=1S/C16H15BrO/c1-10-8-15(12(3)18)16(9-11(10)2)13-4-6-14(17)7-5-13/h4-9H,1-3H3. The Labute approximate surface area is 116 Å². The Morgan fingerprint density at radius 1 is 1.00 bits per heavy atom. The minimum atomic E-state index is 0.107. The summed E-state index contributed by atoms with van der Waals surface area (Å²) in [5.41, 5.74) is 5.24. The van der Waals surface area contributed by atoms with E-state index in [0.717, 1.165) is 26.7 Å². The first kappa shape index (κ1) is 13.0. The molecule has 0 aromatic heterocycles. The molecule has 0 radical (unpaired) electrons. The molecular weight excluding hydrogens is 288 g/mol. The number of carbonyl (C=O) groups is 1. The third kappa shape index (κ3) is 2.54. The van der Waals surface area contributed by atoms with E-state index < -0.39 is 0 Å². The van der Waals surface area contributed by atoms with Crippen LogP contribution in [0.2, 0.25) is 0 Å². The fourth-order valence-corrected chi connectivity index (χ4v) is 2.24. The topological polar surface area (TPSA) is 17.1 Å². The normalized spacial score (nSPS) is 10.4. The summed E-state index contributed by atoms with van der Waals surface area (Å²) in [5, 5.41) is 0. The zero-order valence-electron chi connectivity index (χ0n) is 10.8. The monoisotopic (exact) mass is 302 g/mol. The minimum Gasteiger partial charge on any atom is -0.294 e. The number of benzene rings is 2. The number of halogens is 1. The summed E-state index contributed by atoms with van der Waals surface area (Å²) < 4.78 is 1.04. The highest BCUT2D eigenvalue weighted by atomic mass is 79.9. The van der Waals surface area contributed by atoms with Crippen molar-refractivity contribution in [2.45, 2.75) is 20.8 Å². The van der Waals surface area contributed by atoms with Crippen molar-refractivity contribution in [3.63, 3.8) is 0 Å². The second-order valence-corrected chi connectivity index (χ2v) is 5.46. The lowest BCUT2D eigenvalue weighted by atomic mass is 9.93. The van der Waals surface area contributed by atoms with E-state index in [0.29, 0.717) is 0 Å².